The van der Waals surface area contributed by atoms with Crippen molar-refractivity contribution in [3.8, 4) is 0 Å². The first-order chi connectivity index (χ1) is 10.7. The molecular weight excluding hydrogens is 282 g/mol. The number of hydrogen-bond acceptors (Lipinski definition) is 4. The van der Waals surface area contributed by atoms with Crippen LogP contribution in [0.25, 0.3) is 11.0 Å². The molecule has 6 heteroatoms. The number of hydrogen-bond donors (Lipinski definition) is 1. The minimum Gasteiger partial charge on any atom is -0.422 e. The first-order valence-electron chi connectivity index (χ1n) is 7.04. The molecule has 0 saturated carbocycles. The van der Waals surface area contributed by atoms with E-state index >= 15 is 0 Å². The molecule has 2 aromatic heterocycles. The zero-order chi connectivity index (χ0) is 15.5. The molecule has 112 valence electrons. The second kappa shape index (κ2) is 5.85. The van der Waals surface area contributed by atoms with Gasteiger partial charge in [-0.2, -0.15) is 5.10 Å². The van der Waals surface area contributed by atoms with Gasteiger partial charge < -0.3 is 9.73 Å². The van der Waals surface area contributed by atoms with Crippen LogP contribution in [0.15, 0.2) is 51.9 Å². The second-order valence-corrected chi connectivity index (χ2v) is 4.93. The maximum Gasteiger partial charge on any atom is 0.349 e. The van der Waals surface area contributed by atoms with Crippen LogP contribution in [0.1, 0.15) is 23.7 Å². The van der Waals surface area contributed by atoms with E-state index in [9.17, 15) is 9.59 Å². The van der Waals surface area contributed by atoms with Crippen molar-refractivity contribution in [1.29, 1.82) is 0 Å². The number of benzene rings is 1. The topological polar surface area (TPSA) is 77.1 Å². The van der Waals surface area contributed by atoms with Crippen LogP contribution in [0.4, 0.5) is 5.69 Å². The van der Waals surface area contributed by atoms with E-state index in [0.29, 0.717) is 16.7 Å². The van der Waals surface area contributed by atoms with Crippen LogP contribution >= 0.6 is 0 Å². The molecule has 0 unspecified atom stereocenters. The predicted molar refractivity (Wildman–Crippen MR) is 83.0 cm³/mol. The smallest absolute Gasteiger partial charge is 0.349 e. The van der Waals surface area contributed by atoms with Crippen molar-refractivity contribution in [2.75, 3.05) is 5.32 Å². The number of rotatable bonds is 4. The first-order valence-corrected chi connectivity index (χ1v) is 7.04. The Morgan fingerprint density at radius 2 is 2.18 bits per heavy atom. The summed E-state index contributed by atoms with van der Waals surface area (Å²) in [6, 6.07) is 8.60. The largest absolute Gasteiger partial charge is 0.422 e. The zero-order valence-corrected chi connectivity index (χ0v) is 12.1. The minimum absolute atomic E-state index is 0.0260. The van der Waals surface area contributed by atoms with Crippen LogP contribution in [0.5, 0.6) is 0 Å². The molecule has 0 saturated heterocycles. The van der Waals surface area contributed by atoms with Crippen molar-refractivity contribution in [2.45, 2.75) is 19.9 Å². The van der Waals surface area contributed by atoms with Crippen LogP contribution in [-0.2, 0) is 6.54 Å². The standard InChI is InChI=1S/C16H15N3O3/c1-2-7-19-10-12(9-17-19)18-15(20)13-8-11-5-3-4-6-14(11)22-16(13)21/h3-6,8-10H,2,7H2,1H3,(H,18,20). The van der Waals surface area contributed by atoms with Crippen molar-refractivity contribution >= 4 is 22.6 Å². The summed E-state index contributed by atoms with van der Waals surface area (Å²) in [5, 5.41) is 7.49. The second-order valence-electron chi connectivity index (χ2n) is 4.93. The highest BCUT2D eigenvalue weighted by atomic mass is 16.4. The number of nitrogens with one attached hydrogen (secondary N) is 1. The van der Waals surface area contributed by atoms with Gasteiger partial charge in [-0.25, -0.2) is 4.79 Å². The number of fused-ring (bicyclic) bond motifs is 1. The van der Waals surface area contributed by atoms with E-state index in [-0.39, 0.29) is 5.56 Å². The monoisotopic (exact) mass is 297 g/mol. The third kappa shape index (κ3) is 2.76. The molecule has 0 aliphatic heterocycles. The van der Waals surface area contributed by atoms with Crippen LogP contribution in [0, 0.1) is 0 Å². The van der Waals surface area contributed by atoms with E-state index in [1.165, 1.54) is 6.07 Å². The van der Waals surface area contributed by atoms with Gasteiger partial charge >= 0.3 is 5.63 Å². The fourth-order valence-corrected chi connectivity index (χ4v) is 2.20. The van der Waals surface area contributed by atoms with E-state index in [2.05, 4.69) is 10.4 Å². The lowest BCUT2D eigenvalue weighted by atomic mass is 10.2. The fourth-order valence-electron chi connectivity index (χ4n) is 2.20. The van der Waals surface area contributed by atoms with Gasteiger partial charge in [-0.1, -0.05) is 25.1 Å². The number of aromatic nitrogens is 2. The minimum atomic E-state index is -0.655. The average molecular weight is 297 g/mol. The molecule has 1 aromatic carbocycles. The van der Waals surface area contributed by atoms with Gasteiger partial charge in [-0.3, -0.25) is 9.48 Å². The molecule has 3 aromatic rings. The van der Waals surface area contributed by atoms with E-state index in [0.717, 1.165) is 13.0 Å². The highest BCUT2D eigenvalue weighted by Crippen LogP contribution is 2.14. The Morgan fingerprint density at radius 1 is 1.36 bits per heavy atom. The molecule has 3 rings (SSSR count). The van der Waals surface area contributed by atoms with Crippen molar-refractivity contribution < 1.29 is 9.21 Å². The molecule has 0 aliphatic rings. The van der Waals surface area contributed by atoms with Crippen molar-refractivity contribution in [3.63, 3.8) is 0 Å². The van der Waals surface area contributed by atoms with Crippen LogP contribution < -0.4 is 10.9 Å². The molecule has 0 aliphatic carbocycles. The molecule has 22 heavy (non-hydrogen) atoms. The van der Waals surface area contributed by atoms with Crippen molar-refractivity contribution in [2.24, 2.45) is 0 Å². The molecule has 2 heterocycles. The summed E-state index contributed by atoms with van der Waals surface area (Å²) in [4.78, 5) is 24.2. The van der Waals surface area contributed by atoms with E-state index in [4.69, 9.17) is 4.42 Å². The normalized spacial score (nSPS) is 10.8. The summed E-state index contributed by atoms with van der Waals surface area (Å²) in [6.45, 7) is 2.81. The lowest BCUT2D eigenvalue weighted by Gasteiger charge is -2.03. The Hall–Kier alpha value is -2.89. The Labute approximate surface area is 126 Å². The first kappa shape index (κ1) is 14.1. The van der Waals surface area contributed by atoms with E-state index in [1.807, 2.05) is 13.0 Å². The van der Waals surface area contributed by atoms with Crippen molar-refractivity contribution in [1.82, 2.24) is 9.78 Å². The SMILES string of the molecule is CCCn1cc(NC(=O)c2cc3ccccc3oc2=O)cn1. The van der Waals surface area contributed by atoms with Gasteiger partial charge in [0.15, 0.2) is 0 Å². The number of carbonyl (C=O) groups is 1. The molecule has 1 N–H and O–H groups in total. The summed E-state index contributed by atoms with van der Waals surface area (Å²) in [6.07, 6.45) is 4.23. The summed E-state index contributed by atoms with van der Waals surface area (Å²) in [7, 11) is 0. The zero-order valence-electron chi connectivity index (χ0n) is 12.1. The molecule has 0 radical (unpaired) electrons. The van der Waals surface area contributed by atoms with Crippen LogP contribution in [0.3, 0.4) is 0 Å². The predicted octanol–water partition coefficient (Wildman–Crippen LogP) is 2.65. The molecule has 0 fully saturated rings. The molecule has 6 nitrogen and oxygen atoms in total. The lowest BCUT2D eigenvalue weighted by molar-refractivity contribution is 0.102. The molecule has 0 atom stereocenters. The highest BCUT2D eigenvalue weighted by molar-refractivity contribution is 6.05. The van der Waals surface area contributed by atoms with Gasteiger partial charge in [0.25, 0.3) is 5.91 Å². The summed E-state index contributed by atoms with van der Waals surface area (Å²) < 4.78 is 6.89. The maximum absolute atomic E-state index is 12.2. The summed E-state index contributed by atoms with van der Waals surface area (Å²) >= 11 is 0. The lowest BCUT2D eigenvalue weighted by Crippen LogP contribution is -2.20. The number of anilines is 1. The highest BCUT2D eigenvalue weighted by Gasteiger charge is 2.14. The van der Waals surface area contributed by atoms with Gasteiger partial charge in [0.2, 0.25) is 0 Å². The van der Waals surface area contributed by atoms with Gasteiger partial charge in [0.05, 0.1) is 11.9 Å². The van der Waals surface area contributed by atoms with Crippen molar-refractivity contribution in [3.05, 3.63) is 58.7 Å². The maximum atomic E-state index is 12.2. The van der Waals surface area contributed by atoms with Crippen LogP contribution in [0.2, 0.25) is 0 Å². The van der Waals surface area contributed by atoms with E-state index < -0.39 is 11.5 Å². The number of amides is 1. The molecule has 0 bridgehead atoms. The summed E-state index contributed by atoms with van der Waals surface area (Å²) in [5.74, 6) is -0.504. The number of para-hydroxylation sites is 1. The Kier molecular flexibility index (Phi) is 3.74. The molecule has 0 spiro atoms. The Balaban J connectivity index is 1.88. The van der Waals surface area contributed by atoms with Gasteiger partial charge in [0, 0.05) is 18.1 Å². The van der Waals surface area contributed by atoms with Gasteiger partial charge in [-0.15, -0.1) is 0 Å². The number of aryl methyl sites for hydroxylation is 1. The molecule has 1 amide bonds. The van der Waals surface area contributed by atoms with Crippen LogP contribution in [-0.4, -0.2) is 15.7 Å². The summed E-state index contributed by atoms with van der Waals surface area (Å²) in [5.41, 5.74) is 0.324. The van der Waals surface area contributed by atoms with E-state index in [1.54, 1.807) is 35.3 Å². The fraction of sp³-hybridized carbons (Fsp3) is 0.188. The quantitative estimate of drug-likeness (QED) is 0.751. The third-order valence-corrected chi connectivity index (χ3v) is 3.23. The third-order valence-electron chi connectivity index (χ3n) is 3.23. The average Bonchev–Trinajstić information content (AvgIpc) is 2.94. The van der Waals surface area contributed by atoms with Gasteiger partial charge in [-0.05, 0) is 18.6 Å². The number of carbonyl (C=O) groups excluding carboxylic acids is 1. The molecular formula is C16H15N3O3. The Morgan fingerprint density at radius 3 is 3.00 bits per heavy atom. The Bertz CT molecular complexity index is 879. The van der Waals surface area contributed by atoms with Gasteiger partial charge in [0.1, 0.15) is 11.1 Å². The number of nitrogens with zero attached hydrogens (tertiary/aromatic N) is 2.